The van der Waals surface area contributed by atoms with E-state index in [2.05, 4.69) is 20.4 Å². The maximum Gasteiger partial charge on any atom is 0.261 e. The summed E-state index contributed by atoms with van der Waals surface area (Å²) < 4.78 is 1.60. The zero-order chi connectivity index (χ0) is 14.7. The molecule has 0 saturated carbocycles. The molecule has 0 aliphatic heterocycles. The molecular weight excluding hydrogens is 270 g/mol. The van der Waals surface area contributed by atoms with Crippen LogP contribution in [0.1, 0.15) is 10.4 Å². The highest BCUT2D eigenvalue weighted by Gasteiger charge is 2.09. The minimum atomic E-state index is -0.453. The van der Waals surface area contributed by atoms with Crippen molar-refractivity contribution < 1.29 is 4.79 Å². The van der Waals surface area contributed by atoms with Gasteiger partial charge in [-0.05, 0) is 24.3 Å². The molecule has 2 N–H and O–H groups in total. The number of hydrogen-bond donors (Lipinski definition) is 2. The topological polar surface area (TPSA) is 92.7 Å². The molecule has 0 bridgehead atoms. The van der Waals surface area contributed by atoms with E-state index in [1.165, 1.54) is 24.8 Å². The fourth-order valence-electron chi connectivity index (χ4n) is 1.83. The van der Waals surface area contributed by atoms with Gasteiger partial charge >= 0.3 is 0 Å². The van der Waals surface area contributed by atoms with Gasteiger partial charge in [-0.2, -0.15) is 5.10 Å². The number of H-pyrrole nitrogens is 1. The van der Waals surface area contributed by atoms with Gasteiger partial charge in [-0.1, -0.05) is 0 Å². The Morgan fingerprint density at radius 1 is 1.19 bits per heavy atom. The molecule has 104 valence electrons. The quantitative estimate of drug-likeness (QED) is 0.754. The molecule has 2 heterocycles. The molecule has 0 atom stereocenters. The molecule has 7 heteroatoms. The summed E-state index contributed by atoms with van der Waals surface area (Å²) >= 11 is 0. The highest BCUT2D eigenvalue weighted by atomic mass is 16.2. The Morgan fingerprint density at radius 2 is 2.00 bits per heavy atom. The normalized spacial score (nSPS) is 10.3. The molecule has 0 saturated heterocycles. The van der Waals surface area contributed by atoms with Gasteiger partial charge in [0.2, 0.25) is 0 Å². The molecule has 7 nitrogen and oxygen atoms in total. The number of anilines is 1. The summed E-state index contributed by atoms with van der Waals surface area (Å²) in [4.78, 5) is 30.1. The number of hydrogen-bond acceptors (Lipinski definition) is 4. The maximum absolute atomic E-state index is 12.0. The first-order valence-corrected chi connectivity index (χ1v) is 6.17. The second-order valence-electron chi connectivity index (χ2n) is 4.26. The van der Waals surface area contributed by atoms with Crippen LogP contribution in [0, 0.1) is 0 Å². The van der Waals surface area contributed by atoms with Crippen LogP contribution in [-0.2, 0) is 0 Å². The average Bonchev–Trinajstić information content (AvgIpc) is 3.02. The molecule has 0 radical (unpaired) electrons. The Bertz CT molecular complexity index is 806. The molecule has 3 aromatic rings. The molecular formula is C14H11N5O2. The molecule has 1 aromatic carbocycles. The van der Waals surface area contributed by atoms with Gasteiger partial charge in [0.1, 0.15) is 18.2 Å². The third-order valence-electron chi connectivity index (χ3n) is 2.88. The van der Waals surface area contributed by atoms with Gasteiger partial charge in [-0.25, -0.2) is 9.67 Å². The van der Waals surface area contributed by atoms with Crippen LogP contribution in [0.4, 0.5) is 5.69 Å². The van der Waals surface area contributed by atoms with Crippen LogP contribution in [0.5, 0.6) is 0 Å². The Hall–Kier alpha value is -3.22. The van der Waals surface area contributed by atoms with E-state index in [9.17, 15) is 9.59 Å². The van der Waals surface area contributed by atoms with E-state index < -0.39 is 5.91 Å². The van der Waals surface area contributed by atoms with Crippen molar-refractivity contribution in [2.45, 2.75) is 0 Å². The minimum absolute atomic E-state index is 0.0675. The third-order valence-corrected chi connectivity index (χ3v) is 2.88. The summed E-state index contributed by atoms with van der Waals surface area (Å²) in [5.74, 6) is -0.453. The molecule has 0 unspecified atom stereocenters. The monoisotopic (exact) mass is 281 g/mol. The maximum atomic E-state index is 12.0. The largest absolute Gasteiger partial charge is 0.367 e. The van der Waals surface area contributed by atoms with Crippen LogP contribution < -0.4 is 10.7 Å². The third kappa shape index (κ3) is 2.71. The van der Waals surface area contributed by atoms with Gasteiger partial charge in [0.05, 0.1) is 5.69 Å². The molecule has 1 amide bonds. The van der Waals surface area contributed by atoms with E-state index in [0.717, 1.165) is 5.69 Å². The summed E-state index contributed by atoms with van der Waals surface area (Å²) in [6, 6.07) is 8.35. The smallest absolute Gasteiger partial charge is 0.261 e. The van der Waals surface area contributed by atoms with Gasteiger partial charge in [0.25, 0.3) is 5.91 Å². The first-order valence-electron chi connectivity index (χ1n) is 6.17. The zero-order valence-corrected chi connectivity index (χ0v) is 10.9. The van der Waals surface area contributed by atoms with E-state index in [1.807, 2.05) is 0 Å². The molecule has 0 spiro atoms. The van der Waals surface area contributed by atoms with E-state index in [4.69, 9.17) is 0 Å². The SMILES string of the molecule is O=C(Nc1ccc(-n2cncn2)cc1)c1c[nH]ccc1=O. The van der Waals surface area contributed by atoms with Crippen LogP contribution in [0.3, 0.4) is 0 Å². The highest BCUT2D eigenvalue weighted by Crippen LogP contribution is 2.12. The number of benzene rings is 1. The number of amides is 1. The minimum Gasteiger partial charge on any atom is -0.367 e. The van der Waals surface area contributed by atoms with Gasteiger partial charge in [-0.15, -0.1) is 0 Å². The van der Waals surface area contributed by atoms with Crippen molar-refractivity contribution >= 4 is 11.6 Å². The molecule has 2 aromatic heterocycles. The Morgan fingerprint density at radius 3 is 2.67 bits per heavy atom. The van der Waals surface area contributed by atoms with E-state index in [-0.39, 0.29) is 11.0 Å². The summed E-state index contributed by atoms with van der Waals surface area (Å²) in [7, 11) is 0. The van der Waals surface area contributed by atoms with Gasteiger partial charge < -0.3 is 10.3 Å². The predicted molar refractivity (Wildman–Crippen MR) is 76.4 cm³/mol. The summed E-state index contributed by atoms with van der Waals surface area (Å²) in [6.07, 6.45) is 5.88. The predicted octanol–water partition coefficient (Wildman–Crippen LogP) is 1.21. The molecule has 0 fully saturated rings. The lowest BCUT2D eigenvalue weighted by atomic mass is 10.2. The van der Waals surface area contributed by atoms with Crippen molar-refractivity contribution in [3.63, 3.8) is 0 Å². The number of carbonyl (C=O) groups excluding carboxylic acids is 1. The Kier molecular flexibility index (Phi) is 3.30. The van der Waals surface area contributed by atoms with Crippen molar-refractivity contribution in [1.29, 1.82) is 0 Å². The molecule has 21 heavy (non-hydrogen) atoms. The number of aromatic nitrogens is 4. The zero-order valence-electron chi connectivity index (χ0n) is 10.9. The van der Waals surface area contributed by atoms with Gasteiger partial charge in [0.15, 0.2) is 5.43 Å². The molecule has 0 aliphatic carbocycles. The number of pyridine rings is 1. The fraction of sp³-hybridized carbons (Fsp3) is 0. The van der Waals surface area contributed by atoms with Crippen LogP contribution >= 0.6 is 0 Å². The number of carbonyl (C=O) groups is 1. The lowest BCUT2D eigenvalue weighted by molar-refractivity contribution is 0.102. The van der Waals surface area contributed by atoms with Crippen LogP contribution in [0.2, 0.25) is 0 Å². The van der Waals surface area contributed by atoms with Crippen molar-refractivity contribution in [2.24, 2.45) is 0 Å². The molecule has 3 rings (SSSR count). The Balaban J connectivity index is 1.78. The first-order chi connectivity index (χ1) is 10.2. The first kappa shape index (κ1) is 12.8. The summed E-state index contributed by atoms with van der Waals surface area (Å²) in [5.41, 5.74) is 1.15. The van der Waals surface area contributed by atoms with Crippen LogP contribution in [-0.4, -0.2) is 25.7 Å². The summed E-state index contributed by atoms with van der Waals surface area (Å²) in [6.45, 7) is 0. The van der Waals surface area contributed by atoms with E-state index >= 15 is 0 Å². The fourth-order valence-corrected chi connectivity index (χ4v) is 1.83. The number of rotatable bonds is 3. The van der Waals surface area contributed by atoms with Gasteiger partial charge in [0, 0.05) is 24.1 Å². The van der Waals surface area contributed by atoms with Crippen molar-refractivity contribution in [3.05, 3.63) is 71.2 Å². The van der Waals surface area contributed by atoms with Crippen molar-refractivity contribution in [3.8, 4) is 5.69 Å². The Labute approximate surface area is 119 Å². The second kappa shape index (κ2) is 5.41. The highest BCUT2D eigenvalue weighted by molar-refractivity contribution is 6.03. The van der Waals surface area contributed by atoms with Gasteiger partial charge in [-0.3, -0.25) is 9.59 Å². The van der Waals surface area contributed by atoms with Crippen molar-refractivity contribution in [2.75, 3.05) is 5.32 Å². The van der Waals surface area contributed by atoms with Crippen molar-refractivity contribution in [1.82, 2.24) is 19.7 Å². The average molecular weight is 281 g/mol. The van der Waals surface area contributed by atoms with Crippen LogP contribution in [0.25, 0.3) is 5.69 Å². The standard InChI is InChI=1S/C14H11N5O2/c20-13-5-6-15-7-12(13)14(21)18-10-1-3-11(4-2-10)19-9-16-8-17-19/h1-9H,(H,15,20)(H,18,21). The summed E-state index contributed by atoms with van der Waals surface area (Å²) in [5, 5.41) is 6.68. The second-order valence-corrected chi connectivity index (χ2v) is 4.26. The lowest BCUT2D eigenvalue weighted by Gasteiger charge is -2.06. The van der Waals surface area contributed by atoms with E-state index in [0.29, 0.717) is 5.69 Å². The molecule has 0 aliphatic rings. The number of aromatic amines is 1. The number of nitrogens with zero attached hydrogens (tertiary/aromatic N) is 3. The van der Waals surface area contributed by atoms with E-state index in [1.54, 1.807) is 35.3 Å². The van der Waals surface area contributed by atoms with Crippen LogP contribution in [0.15, 0.2) is 60.2 Å². The lowest BCUT2D eigenvalue weighted by Crippen LogP contribution is -2.20. The number of nitrogens with one attached hydrogen (secondary N) is 2.